The van der Waals surface area contributed by atoms with Crippen LogP contribution >= 0.6 is 15.9 Å². The molecule has 1 aromatic carbocycles. The third-order valence-corrected chi connectivity index (χ3v) is 4.06. The zero-order chi connectivity index (χ0) is 13.9. The first-order valence-corrected chi connectivity index (χ1v) is 6.42. The van der Waals surface area contributed by atoms with E-state index in [0.29, 0.717) is 16.5 Å². The molecule has 0 heterocycles. The van der Waals surface area contributed by atoms with E-state index in [0.717, 1.165) is 5.56 Å². The Balaban J connectivity index is 3.02. The van der Waals surface area contributed by atoms with Crippen molar-refractivity contribution in [3.63, 3.8) is 0 Å². The second-order valence-corrected chi connectivity index (χ2v) is 5.17. The molecule has 0 fully saturated rings. The van der Waals surface area contributed by atoms with E-state index >= 15 is 0 Å². The van der Waals surface area contributed by atoms with E-state index < -0.39 is 17.4 Å². The van der Waals surface area contributed by atoms with E-state index in [2.05, 4.69) is 21.2 Å². The second-order valence-electron chi connectivity index (χ2n) is 4.38. The van der Waals surface area contributed by atoms with Gasteiger partial charge in [-0.2, -0.15) is 0 Å². The predicted octanol–water partition coefficient (Wildman–Crippen LogP) is 2.74. The molecule has 98 valence electrons. The first-order valence-electron chi connectivity index (χ1n) is 5.63. The monoisotopic (exact) mass is 313 g/mol. The molecule has 1 aromatic rings. The lowest BCUT2D eigenvalue weighted by molar-refractivity contribution is -0.143. The molecule has 0 saturated carbocycles. The molecular weight excluding hydrogens is 298 g/mol. The quantitative estimate of drug-likeness (QED) is 0.898. The normalized spacial score (nSPS) is 13.8. The molecule has 0 aliphatic heterocycles. The maximum absolute atomic E-state index is 12.1. The fraction of sp³-hybridized carbons (Fsp3) is 0.385. The van der Waals surface area contributed by atoms with E-state index in [4.69, 9.17) is 5.11 Å². The highest BCUT2D eigenvalue weighted by Gasteiger charge is 2.33. The Morgan fingerprint density at radius 1 is 1.44 bits per heavy atom. The van der Waals surface area contributed by atoms with Gasteiger partial charge in [0.05, 0.1) is 5.56 Å². The number of aliphatic carboxylic acids is 1. The van der Waals surface area contributed by atoms with Gasteiger partial charge in [0.2, 0.25) is 0 Å². The molecule has 0 saturated heterocycles. The molecule has 0 bridgehead atoms. The predicted molar refractivity (Wildman–Crippen MR) is 72.7 cm³/mol. The molecular formula is C13H16BrNO3. The molecule has 5 heteroatoms. The van der Waals surface area contributed by atoms with E-state index in [9.17, 15) is 9.59 Å². The number of nitrogens with one attached hydrogen (secondary N) is 1. The third-order valence-electron chi connectivity index (χ3n) is 3.00. The third kappa shape index (κ3) is 2.90. The number of amides is 1. The Hall–Kier alpha value is -1.36. The van der Waals surface area contributed by atoms with Crippen LogP contribution in [0.5, 0.6) is 0 Å². The van der Waals surface area contributed by atoms with Crippen LogP contribution in [0, 0.1) is 6.92 Å². The molecule has 0 aliphatic rings. The van der Waals surface area contributed by atoms with Crippen molar-refractivity contribution in [2.45, 2.75) is 32.7 Å². The first-order chi connectivity index (χ1) is 8.31. The van der Waals surface area contributed by atoms with E-state index in [1.165, 1.54) is 6.92 Å². The van der Waals surface area contributed by atoms with Gasteiger partial charge < -0.3 is 10.4 Å². The Kier molecular flexibility index (Phi) is 4.51. The van der Waals surface area contributed by atoms with Gasteiger partial charge in [-0.1, -0.05) is 19.1 Å². The molecule has 1 unspecified atom stereocenters. The molecule has 18 heavy (non-hydrogen) atoms. The molecule has 1 atom stereocenters. The second kappa shape index (κ2) is 5.52. The maximum atomic E-state index is 12.1. The molecule has 0 radical (unpaired) electrons. The number of rotatable bonds is 4. The van der Waals surface area contributed by atoms with E-state index in [1.807, 2.05) is 13.0 Å². The van der Waals surface area contributed by atoms with Crippen LogP contribution in [0.3, 0.4) is 0 Å². The van der Waals surface area contributed by atoms with Gasteiger partial charge in [-0.05, 0) is 47.8 Å². The van der Waals surface area contributed by atoms with Gasteiger partial charge in [-0.25, -0.2) is 4.79 Å². The average Bonchev–Trinajstić information content (AvgIpc) is 2.32. The van der Waals surface area contributed by atoms with Crippen LogP contribution in [0.2, 0.25) is 0 Å². The molecule has 4 nitrogen and oxygen atoms in total. The number of carbonyl (C=O) groups is 2. The van der Waals surface area contributed by atoms with Crippen LogP contribution in [0.1, 0.15) is 36.2 Å². The number of carboxylic acid groups (broad SMARTS) is 1. The zero-order valence-electron chi connectivity index (χ0n) is 10.6. The number of aryl methyl sites for hydroxylation is 1. The van der Waals surface area contributed by atoms with Gasteiger partial charge in [0, 0.05) is 4.47 Å². The van der Waals surface area contributed by atoms with Crippen molar-refractivity contribution in [2.75, 3.05) is 0 Å². The van der Waals surface area contributed by atoms with Crippen molar-refractivity contribution in [3.8, 4) is 0 Å². The summed E-state index contributed by atoms with van der Waals surface area (Å²) in [7, 11) is 0. The number of carboxylic acids is 1. The van der Waals surface area contributed by atoms with Crippen LogP contribution in [-0.2, 0) is 4.79 Å². The van der Waals surface area contributed by atoms with Crippen molar-refractivity contribution in [3.05, 3.63) is 33.8 Å². The summed E-state index contributed by atoms with van der Waals surface area (Å²) >= 11 is 3.34. The maximum Gasteiger partial charge on any atom is 0.329 e. The lowest BCUT2D eigenvalue weighted by Crippen LogP contribution is -2.51. The SMILES string of the molecule is CCC(C)(NC(=O)c1cccc(C)c1Br)C(=O)O. The van der Waals surface area contributed by atoms with Gasteiger partial charge in [0.25, 0.3) is 5.91 Å². The summed E-state index contributed by atoms with van der Waals surface area (Å²) in [6, 6.07) is 5.29. The number of carbonyl (C=O) groups excluding carboxylic acids is 1. The highest BCUT2D eigenvalue weighted by molar-refractivity contribution is 9.10. The summed E-state index contributed by atoms with van der Waals surface area (Å²) in [6.07, 6.45) is 0.317. The van der Waals surface area contributed by atoms with E-state index in [1.54, 1.807) is 19.1 Å². The minimum Gasteiger partial charge on any atom is -0.480 e. The summed E-state index contributed by atoms with van der Waals surface area (Å²) in [4.78, 5) is 23.2. The Labute approximate surface area is 115 Å². The summed E-state index contributed by atoms with van der Waals surface area (Å²) in [5.74, 6) is -1.43. The van der Waals surface area contributed by atoms with Gasteiger partial charge in [-0.3, -0.25) is 4.79 Å². The van der Waals surface area contributed by atoms with Crippen LogP contribution < -0.4 is 5.32 Å². The van der Waals surface area contributed by atoms with Crippen LogP contribution in [-0.4, -0.2) is 22.5 Å². The van der Waals surface area contributed by atoms with Crippen molar-refractivity contribution < 1.29 is 14.7 Å². The molecule has 0 aliphatic carbocycles. The largest absolute Gasteiger partial charge is 0.480 e. The van der Waals surface area contributed by atoms with Crippen LogP contribution in [0.15, 0.2) is 22.7 Å². The zero-order valence-corrected chi connectivity index (χ0v) is 12.2. The highest BCUT2D eigenvalue weighted by atomic mass is 79.9. The number of benzene rings is 1. The van der Waals surface area contributed by atoms with Gasteiger partial charge in [-0.15, -0.1) is 0 Å². The fourth-order valence-electron chi connectivity index (χ4n) is 1.43. The highest BCUT2D eigenvalue weighted by Crippen LogP contribution is 2.22. The summed E-state index contributed by atoms with van der Waals surface area (Å²) < 4.78 is 0.686. The topological polar surface area (TPSA) is 66.4 Å². The fourth-order valence-corrected chi connectivity index (χ4v) is 1.88. The minimum absolute atomic E-state index is 0.317. The van der Waals surface area contributed by atoms with Crippen LogP contribution in [0.25, 0.3) is 0 Å². The summed E-state index contributed by atoms with van der Waals surface area (Å²) in [5.41, 5.74) is 0.118. The standard InChI is InChI=1S/C13H16BrNO3/c1-4-13(3,12(17)18)15-11(16)9-7-5-6-8(2)10(9)14/h5-7H,4H2,1-3H3,(H,15,16)(H,17,18). The van der Waals surface area contributed by atoms with Gasteiger partial charge in [0.1, 0.15) is 5.54 Å². The number of halogens is 1. The Bertz CT molecular complexity index is 487. The minimum atomic E-state index is -1.25. The first kappa shape index (κ1) is 14.7. The Morgan fingerprint density at radius 3 is 2.56 bits per heavy atom. The summed E-state index contributed by atoms with van der Waals surface area (Å²) in [5, 5.41) is 11.7. The number of hydrogen-bond donors (Lipinski definition) is 2. The van der Waals surface area contributed by atoms with Crippen LogP contribution in [0.4, 0.5) is 0 Å². The van der Waals surface area contributed by atoms with Gasteiger partial charge >= 0.3 is 5.97 Å². The molecule has 0 aromatic heterocycles. The van der Waals surface area contributed by atoms with Gasteiger partial charge in [0.15, 0.2) is 0 Å². The van der Waals surface area contributed by atoms with Crippen molar-refractivity contribution in [1.29, 1.82) is 0 Å². The van der Waals surface area contributed by atoms with Crippen molar-refractivity contribution >= 4 is 27.8 Å². The van der Waals surface area contributed by atoms with Crippen molar-refractivity contribution in [2.24, 2.45) is 0 Å². The lowest BCUT2D eigenvalue weighted by Gasteiger charge is -2.25. The molecule has 1 amide bonds. The molecule has 2 N–H and O–H groups in total. The van der Waals surface area contributed by atoms with E-state index in [-0.39, 0.29) is 0 Å². The molecule has 0 spiro atoms. The Morgan fingerprint density at radius 2 is 2.06 bits per heavy atom. The average molecular weight is 314 g/mol. The summed E-state index contributed by atoms with van der Waals surface area (Å²) in [6.45, 7) is 5.09. The lowest BCUT2D eigenvalue weighted by atomic mass is 9.98. The molecule has 1 rings (SSSR count). The smallest absolute Gasteiger partial charge is 0.329 e. The van der Waals surface area contributed by atoms with Crippen molar-refractivity contribution in [1.82, 2.24) is 5.32 Å². The number of hydrogen-bond acceptors (Lipinski definition) is 2.